The maximum absolute atomic E-state index is 12.8. The molecule has 1 aromatic heterocycles. The van der Waals surface area contributed by atoms with Crippen LogP contribution in [0.2, 0.25) is 0 Å². The molecule has 3 rings (SSSR count). The summed E-state index contributed by atoms with van der Waals surface area (Å²) in [6.45, 7) is 7.42. The van der Waals surface area contributed by atoms with E-state index in [0.29, 0.717) is 19.0 Å². The molecule has 1 fully saturated rings. The van der Waals surface area contributed by atoms with E-state index in [2.05, 4.69) is 10.3 Å². The molecule has 0 aliphatic carbocycles. The van der Waals surface area contributed by atoms with Gasteiger partial charge in [-0.05, 0) is 32.9 Å². The van der Waals surface area contributed by atoms with Gasteiger partial charge in [0.15, 0.2) is 5.60 Å². The molecule has 0 radical (unpaired) electrons. The number of amides is 1. The molecule has 0 saturated carbocycles. The molecule has 6 nitrogen and oxygen atoms in total. The van der Waals surface area contributed by atoms with Crippen LogP contribution >= 0.6 is 0 Å². The standard InChI is InChI=1S/C17H23N3O3/c1-4-20-14-8-6-5-7-13(14)18-16(20)19-15(21)17(23-12(2)3)9-10-22-11-17/h5-8,12H,4,9-11H2,1-3H3,(H,18,19,21). The van der Waals surface area contributed by atoms with E-state index in [4.69, 9.17) is 9.47 Å². The Morgan fingerprint density at radius 1 is 1.48 bits per heavy atom. The summed E-state index contributed by atoms with van der Waals surface area (Å²) in [6.07, 6.45) is 0.510. The van der Waals surface area contributed by atoms with Gasteiger partial charge < -0.3 is 14.0 Å². The number of ether oxygens (including phenoxy) is 2. The molecular formula is C17H23N3O3. The van der Waals surface area contributed by atoms with Crippen molar-refractivity contribution in [2.75, 3.05) is 18.5 Å². The number of para-hydroxylation sites is 2. The molecule has 1 saturated heterocycles. The van der Waals surface area contributed by atoms with Gasteiger partial charge in [0.1, 0.15) is 0 Å². The van der Waals surface area contributed by atoms with Crippen LogP contribution in [0.15, 0.2) is 24.3 Å². The van der Waals surface area contributed by atoms with Crippen molar-refractivity contribution in [2.24, 2.45) is 0 Å². The highest BCUT2D eigenvalue weighted by Gasteiger charge is 2.44. The number of nitrogens with zero attached hydrogens (tertiary/aromatic N) is 2. The summed E-state index contributed by atoms with van der Waals surface area (Å²) in [5.41, 5.74) is 0.947. The molecule has 1 atom stereocenters. The molecular weight excluding hydrogens is 294 g/mol. The predicted molar refractivity (Wildman–Crippen MR) is 88.4 cm³/mol. The van der Waals surface area contributed by atoms with Crippen LogP contribution in [-0.4, -0.2) is 40.4 Å². The molecule has 1 aliphatic rings. The molecule has 0 spiro atoms. The Labute approximate surface area is 135 Å². The van der Waals surface area contributed by atoms with Crippen molar-refractivity contribution in [3.05, 3.63) is 24.3 Å². The van der Waals surface area contributed by atoms with Gasteiger partial charge in [-0.2, -0.15) is 0 Å². The van der Waals surface area contributed by atoms with E-state index < -0.39 is 5.60 Å². The van der Waals surface area contributed by atoms with E-state index in [-0.39, 0.29) is 18.6 Å². The second kappa shape index (κ2) is 6.29. The SMILES string of the molecule is CCn1c(NC(=O)C2(OC(C)C)CCOC2)nc2ccccc21. The van der Waals surface area contributed by atoms with E-state index in [0.717, 1.165) is 17.6 Å². The van der Waals surface area contributed by atoms with Gasteiger partial charge in [0.2, 0.25) is 5.95 Å². The predicted octanol–water partition coefficient (Wildman–Crippen LogP) is 2.58. The van der Waals surface area contributed by atoms with E-state index in [1.807, 2.05) is 49.6 Å². The summed E-state index contributed by atoms with van der Waals surface area (Å²) in [4.78, 5) is 17.4. The zero-order chi connectivity index (χ0) is 16.4. The summed E-state index contributed by atoms with van der Waals surface area (Å²) in [5.74, 6) is 0.367. The number of imidazole rings is 1. The average Bonchev–Trinajstić information content (AvgIpc) is 3.11. The number of aryl methyl sites for hydroxylation is 1. The molecule has 0 bridgehead atoms. The van der Waals surface area contributed by atoms with Crippen molar-refractivity contribution < 1.29 is 14.3 Å². The number of anilines is 1. The second-order valence-corrected chi connectivity index (χ2v) is 6.09. The van der Waals surface area contributed by atoms with Crippen molar-refractivity contribution in [3.8, 4) is 0 Å². The number of hydrogen-bond donors (Lipinski definition) is 1. The smallest absolute Gasteiger partial charge is 0.261 e. The van der Waals surface area contributed by atoms with E-state index >= 15 is 0 Å². The van der Waals surface area contributed by atoms with Crippen LogP contribution in [0.1, 0.15) is 27.2 Å². The summed E-state index contributed by atoms with van der Waals surface area (Å²) < 4.78 is 13.3. The average molecular weight is 317 g/mol. The largest absolute Gasteiger partial charge is 0.378 e. The monoisotopic (exact) mass is 317 g/mol. The molecule has 1 amide bonds. The lowest BCUT2D eigenvalue weighted by molar-refractivity contribution is -0.147. The molecule has 2 aromatic rings. The van der Waals surface area contributed by atoms with Crippen LogP contribution in [0.25, 0.3) is 11.0 Å². The number of nitrogens with one attached hydrogen (secondary N) is 1. The minimum absolute atomic E-state index is 0.0487. The lowest BCUT2D eigenvalue weighted by atomic mass is 10.0. The highest BCUT2D eigenvalue weighted by molar-refractivity contribution is 5.97. The Morgan fingerprint density at radius 3 is 2.91 bits per heavy atom. The van der Waals surface area contributed by atoms with E-state index in [1.165, 1.54) is 0 Å². The quantitative estimate of drug-likeness (QED) is 0.920. The van der Waals surface area contributed by atoms with Crippen LogP contribution in [0.4, 0.5) is 5.95 Å². The first kappa shape index (κ1) is 16.0. The van der Waals surface area contributed by atoms with E-state index in [1.54, 1.807) is 0 Å². The Kier molecular flexibility index (Phi) is 4.37. The van der Waals surface area contributed by atoms with Crippen molar-refractivity contribution in [1.29, 1.82) is 0 Å². The van der Waals surface area contributed by atoms with Crippen molar-refractivity contribution >= 4 is 22.9 Å². The van der Waals surface area contributed by atoms with Crippen molar-refractivity contribution in [1.82, 2.24) is 9.55 Å². The number of aromatic nitrogens is 2. The number of rotatable bonds is 5. The van der Waals surface area contributed by atoms with E-state index in [9.17, 15) is 4.79 Å². The van der Waals surface area contributed by atoms with Gasteiger partial charge in [-0.3, -0.25) is 10.1 Å². The highest BCUT2D eigenvalue weighted by atomic mass is 16.6. The van der Waals surface area contributed by atoms with Crippen LogP contribution in [0.5, 0.6) is 0 Å². The maximum atomic E-state index is 12.8. The van der Waals surface area contributed by atoms with Crippen molar-refractivity contribution in [2.45, 2.75) is 45.4 Å². The van der Waals surface area contributed by atoms with Crippen LogP contribution in [-0.2, 0) is 20.8 Å². The van der Waals surface area contributed by atoms with Crippen molar-refractivity contribution in [3.63, 3.8) is 0 Å². The summed E-state index contributed by atoms with van der Waals surface area (Å²) >= 11 is 0. The third kappa shape index (κ3) is 2.96. The normalized spacial score (nSPS) is 21.2. The molecule has 23 heavy (non-hydrogen) atoms. The molecule has 1 aromatic carbocycles. The minimum atomic E-state index is -0.926. The van der Waals surface area contributed by atoms with Gasteiger partial charge in [0, 0.05) is 13.0 Å². The second-order valence-electron chi connectivity index (χ2n) is 6.09. The Balaban J connectivity index is 1.90. The van der Waals surface area contributed by atoms with Crippen LogP contribution in [0, 0.1) is 0 Å². The molecule has 1 N–H and O–H groups in total. The topological polar surface area (TPSA) is 65.4 Å². The molecule has 124 valence electrons. The fourth-order valence-electron chi connectivity index (χ4n) is 3.03. The third-order valence-electron chi connectivity index (χ3n) is 4.06. The van der Waals surface area contributed by atoms with Crippen LogP contribution < -0.4 is 5.32 Å². The van der Waals surface area contributed by atoms with Crippen LogP contribution in [0.3, 0.4) is 0 Å². The van der Waals surface area contributed by atoms with Gasteiger partial charge in [-0.15, -0.1) is 0 Å². The lowest BCUT2D eigenvalue weighted by Crippen LogP contribution is -2.48. The maximum Gasteiger partial charge on any atom is 0.261 e. The number of carbonyl (C=O) groups is 1. The number of benzene rings is 1. The van der Waals surface area contributed by atoms with Gasteiger partial charge in [0.25, 0.3) is 5.91 Å². The fourth-order valence-corrected chi connectivity index (χ4v) is 3.03. The summed E-state index contributed by atoms with van der Waals surface area (Å²) in [5, 5.41) is 2.95. The molecule has 2 heterocycles. The Hall–Kier alpha value is -1.92. The number of fused-ring (bicyclic) bond motifs is 1. The first-order chi connectivity index (χ1) is 11.1. The third-order valence-corrected chi connectivity index (χ3v) is 4.06. The van der Waals surface area contributed by atoms with Gasteiger partial charge in [0.05, 0.1) is 30.4 Å². The van der Waals surface area contributed by atoms with Gasteiger partial charge in [-0.25, -0.2) is 4.98 Å². The molecule has 6 heteroatoms. The lowest BCUT2D eigenvalue weighted by Gasteiger charge is -2.28. The zero-order valence-electron chi connectivity index (χ0n) is 13.8. The molecule has 1 aliphatic heterocycles. The Bertz CT molecular complexity index is 702. The minimum Gasteiger partial charge on any atom is -0.378 e. The Morgan fingerprint density at radius 2 is 2.26 bits per heavy atom. The summed E-state index contributed by atoms with van der Waals surface area (Å²) in [7, 11) is 0. The fraction of sp³-hybridized carbons (Fsp3) is 0.529. The summed E-state index contributed by atoms with van der Waals surface area (Å²) in [6, 6.07) is 7.85. The first-order valence-corrected chi connectivity index (χ1v) is 8.08. The zero-order valence-corrected chi connectivity index (χ0v) is 13.8. The van der Waals surface area contributed by atoms with Gasteiger partial charge in [-0.1, -0.05) is 12.1 Å². The first-order valence-electron chi connectivity index (χ1n) is 8.08. The molecule has 1 unspecified atom stereocenters. The highest BCUT2D eigenvalue weighted by Crippen LogP contribution is 2.28. The number of hydrogen-bond acceptors (Lipinski definition) is 4. The van der Waals surface area contributed by atoms with Gasteiger partial charge >= 0.3 is 0 Å². The number of carbonyl (C=O) groups excluding carboxylic acids is 1.